The van der Waals surface area contributed by atoms with Crippen LogP contribution in [0.15, 0.2) is 17.5 Å². The third-order valence-electron chi connectivity index (χ3n) is 3.42. The van der Waals surface area contributed by atoms with E-state index < -0.39 is 5.97 Å². The molecule has 1 aliphatic heterocycles. The number of carboxylic acids is 1. The van der Waals surface area contributed by atoms with Gasteiger partial charge in [0, 0.05) is 30.6 Å². The minimum absolute atomic E-state index is 0.773. The summed E-state index contributed by atoms with van der Waals surface area (Å²) in [4.78, 5) is 14.3. The second-order valence-electron chi connectivity index (χ2n) is 5.66. The topological polar surface area (TPSA) is 40.5 Å². The molecule has 1 aromatic heterocycles. The number of carbonyl (C=O) groups is 1. The highest BCUT2D eigenvalue weighted by Crippen LogP contribution is 2.24. The Morgan fingerprint density at radius 2 is 2.16 bits per heavy atom. The van der Waals surface area contributed by atoms with Crippen molar-refractivity contribution in [2.45, 2.75) is 26.8 Å². The van der Waals surface area contributed by atoms with Crippen LogP contribution in [0.5, 0.6) is 0 Å². The summed E-state index contributed by atoms with van der Waals surface area (Å²) in [6.45, 7) is 7.96. The van der Waals surface area contributed by atoms with Gasteiger partial charge in [0.2, 0.25) is 0 Å². The fraction of sp³-hybridized carbons (Fsp3) is 0.533. The van der Waals surface area contributed by atoms with Crippen molar-refractivity contribution in [1.82, 2.24) is 4.90 Å². The zero-order valence-electron chi connectivity index (χ0n) is 11.5. The Morgan fingerprint density at radius 3 is 2.79 bits per heavy atom. The lowest BCUT2D eigenvalue weighted by Crippen LogP contribution is -2.37. The van der Waals surface area contributed by atoms with Gasteiger partial charge in [0.05, 0.1) is 0 Å². The first-order valence-electron chi connectivity index (χ1n) is 6.73. The number of thiophene rings is 1. The third kappa shape index (κ3) is 4.48. The number of aliphatic carboxylic acids is 1. The fourth-order valence-corrected chi connectivity index (χ4v) is 3.77. The first-order chi connectivity index (χ1) is 9.02. The van der Waals surface area contributed by atoms with E-state index in [1.807, 2.05) is 5.38 Å². The van der Waals surface area contributed by atoms with Crippen LogP contribution in [0, 0.1) is 11.8 Å². The number of hydrogen-bond acceptors (Lipinski definition) is 3. The van der Waals surface area contributed by atoms with E-state index in [0.717, 1.165) is 23.9 Å². The van der Waals surface area contributed by atoms with Crippen molar-refractivity contribution >= 4 is 23.4 Å². The molecule has 1 fully saturated rings. The zero-order valence-corrected chi connectivity index (χ0v) is 12.3. The van der Waals surface area contributed by atoms with E-state index in [1.165, 1.54) is 30.5 Å². The molecule has 4 heteroatoms. The average Bonchev–Trinajstić information content (AvgIpc) is 2.72. The van der Waals surface area contributed by atoms with Gasteiger partial charge in [-0.25, -0.2) is 4.79 Å². The van der Waals surface area contributed by atoms with E-state index in [4.69, 9.17) is 5.11 Å². The predicted molar refractivity (Wildman–Crippen MR) is 79.2 cm³/mol. The number of nitrogens with zero attached hydrogens (tertiary/aromatic N) is 1. The summed E-state index contributed by atoms with van der Waals surface area (Å²) in [7, 11) is 0. The molecule has 1 aliphatic rings. The maximum Gasteiger partial charge on any atom is 0.328 e. The molecule has 19 heavy (non-hydrogen) atoms. The van der Waals surface area contributed by atoms with Crippen LogP contribution in [-0.4, -0.2) is 29.1 Å². The van der Waals surface area contributed by atoms with Crippen molar-refractivity contribution in [1.29, 1.82) is 0 Å². The Morgan fingerprint density at radius 1 is 1.47 bits per heavy atom. The fourth-order valence-electron chi connectivity index (χ4n) is 2.88. The highest BCUT2D eigenvalue weighted by Gasteiger charge is 2.21. The molecule has 1 N–H and O–H groups in total. The molecule has 2 rings (SSSR count). The Bertz CT molecular complexity index is 456. The molecule has 0 aliphatic carbocycles. The molecule has 0 spiro atoms. The number of piperidine rings is 1. The highest BCUT2D eigenvalue weighted by molar-refractivity contribution is 7.10. The van der Waals surface area contributed by atoms with Crippen molar-refractivity contribution < 1.29 is 9.90 Å². The van der Waals surface area contributed by atoms with E-state index in [1.54, 1.807) is 17.4 Å². The van der Waals surface area contributed by atoms with Crippen LogP contribution >= 0.6 is 11.3 Å². The number of rotatable bonds is 4. The van der Waals surface area contributed by atoms with Gasteiger partial charge in [-0.05, 0) is 41.3 Å². The SMILES string of the molecule is CC1CC(C)CN(Cc2cc(C=CC(=O)O)cs2)C1. The van der Waals surface area contributed by atoms with Gasteiger partial charge in [-0.1, -0.05) is 13.8 Å². The van der Waals surface area contributed by atoms with Gasteiger partial charge in [-0.2, -0.15) is 0 Å². The van der Waals surface area contributed by atoms with Crippen molar-refractivity contribution in [3.63, 3.8) is 0 Å². The molecular formula is C15H21NO2S. The molecular weight excluding hydrogens is 258 g/mol. The van der Waals surface area contributed by atoms with Crippen LogP contribution in [0.2, 0.25) is 0 Å². The standard InChI is InChI=1S/C15H21NO2S/c1-11-5-12(2)8-16(7-11)9-14-6-13(10-19-14)3-4-15(17)18/h3-4,6,10-12H,5,7-9H2,1-2H3,(H,17,18). The third-order valence-corrected chi connectivity index (χ3v) is 4.36. The first kappa shape index (κ1) is 14.3. The Balaban J connectivity index is 1.94. The summed E-state index contributed by atoms with van der Waals surface area (Å²) in [5.74, 6) is 0.650. The van der Waals surface area contributed by atoms with Crippen LogP contribution in [0.25, 0.3) is 6.08 Å². The molecule has 2 atom stereocenters. The summed E-state index contributed by atoms with van der Waals surface area (Å²) in [6.07, 6.45) is 4.17. The summed E-state index contributed by atoms with van der Waals surface area (Å²) in [5, 5.41) is 10.6. The first-order valence-corrected chi connectivity index (χ1v) is 7.61. The second-order valence-corrected chi connectivity index (χ2v) is 6.65. The van der Waals surface area contributed by atoms with Crippen LogP contribution in [-0.2, 0) is 11.3 Å². The number of carboxylic acid groups (broad SMARTS) is 1. The minimum Gasteiger partial charge on any atom is -0.478 e. The molecule has 0 aromatic carbocycles. The van der Waals surface area contributed by atoms with Gasteiger partial charge in [0.15, 0.2) is 0 Å². The summed E-state index contributed by atoms with van der Waals surface area (Å²) >= 11 is 1.71. The van der Waals surface area contributed by atoms with Crippen LogP contribution in [0.4, 0.5) is 0 Å². The minimum atomic E-state index is -0.897. The van der Waals surface area contributed by atoms with Crippen molar-refractivity contribution in [3.8, 4) is 0 Å². The van der Waals surface area contributed by atoms with E-state index in [9.17, 15) is 4.79 Å². The van der Waals surface area contributed by atoms with Crippen molar-refractivity contribution in [2.75, 3.05) is 13.1 Å². The normalized spacial score (nSPS) is 24.9. The molecule has 2 heterocycles. The van der Waals surface area contributed by atoms with E-state index in [0.29, 0.717) is 0 Å². The van der Waals surface area contributed by atoms with Gasteiger partial charge < -0.3 is 5.11 Å². The smallest absolute Gasteiger partial charge is 0.328 e. The average molecular weight is 279 g/mol. The Labute approximate surface area is 118 Å². The zero-order chi connectivity index (χ0) is 13.8. The lowest BCUT2D eigenvalue weighted by atomic mass is 9.92. The number of hydrogen-bond donors (Lipinski definition) is 1. The summed E-state index contributed by atoms with van der Waals surface area (Å²) in [5.41, 5.74) is 0.987. The molecule has 0 bridgehead atoms. The van der Waals surface area contributed by atoms with Crippen LogP contribution in [0.3, 0.4) is 0 Å². The van der Waals surface area contributed by atoms with Gasteiger partial charge in [0.25, 0.3) is 0 Å². The molecule has 0 radical (unpaired) electrons. The monoisotopic (exact) mass is 279 g/mol. The van der Waals surface area contributed by atoms with Gasteiger partial charge in [-0.3, -0.25) is 4.90 Å². The van der Waals surface area contributed by atoms with Gasteiger partial charge >= 0.3 is 5.97 Å². The lowest BCUT2D eigenvalue weighted by Gasteiger charge is -2.34. The lowest BCUT2D eigenvalue weighted by molar-refractivity contribution is -0.131. The molecule has 1 saturated heterocycles. The van der Waals surface area contributed by atoms with E-state index in [-0.39, 0.29) is 0 Å². The van der Waals surface area contributed by atoms with Crippen molar-refractivity contribution in [2.24, 2.45) is 11.8 Å². The highest BCUT2D eigenvalue weighted by atomic mass is 32.1. The second kappa shape index (κ2) is 6.35. The maximum absolute atomic E-state index is 10.5. The quantitative estimate of drug-likeness (QED) is 0.860. The van der Waals surface area contributed by atoms with E-state index in [2.05, 4.69) is 24.8 Å². The summed E-state index contributed by atoms with van der Waals surface area (Å²) in [6, 6.07) is 2.09. The molecule has 2 unspecified atom stereocenters. The molecule has 1 aromatic rings. The largest absolute Gasteiger partial charge is 0.478 e. The Hall–Kier alpha value is -1.13. The van der Waals surface area contributed by atoms with Crippen LogP contribution in [0.1, 0.15) is 30.7 Å². The van der Waals surface area contributed by atoms with Gasteiger partial charge in [0.1, 0.15) is 0 Å². The van der Waals surface area contributed by atoms with Crippen LogP contribution < -0.4 is 0 Å². The maximum atomic E-state index is 10.5. The van der Waals surface area contributed by atoms with Gasteiger partial charge in [-0.15, -0.1) is 11.3 Å². The molecule has 3 nitrogen and oxygen atoms in total. The predicted octanol–water partition coefficient (Wildman–Crippen LogP) is 3.32. The van der Waals surface area contributed by atoms with E-state index >= 15 is 0 Å². The number of likely N-dealkylation sites (tertiary alicyclic amines) is 1. The molecule has 104 valence electrons. The Kier molecular flexibility index (Phi) is 4.77. The molecule has 0 saturated carbocycles. The molecule has 0 amide bonds. The summed E-state index contributed by atoms with van der Waals surface area (Å²) < 4.78 is 0. The van der Waals surface area contributed by atoms with Crippen molar-refractivity contribution in [3.05, 3.63) is 28.0 Å².